The molecule has 2 aliphatic carbocycles. The van der Waals surface area contributed by atoms with Crippen LogP contribution < -0.4 is 0 Å². The van der Waals surface area contributed by atoms with Crippen molar-refractivity contribution in [1.82, 2.24) is 9.88 Å². The third-order valence-electron chi connectivity index (χ3n) is 6.61. The number of amides is 1. The van der Waals surface area contributed by atoms with Crippen molar-refractivity contribution in [2.24, 2.45) is 5.92 Å². The van der Waals surface area contributed by atoms with Crippen LogP contribution in [0.1, 0.15) is 59.8 Å². The van der Waals surface area contributed by atoms with Crippen LogP contribution in [0.5, 0.6) is 0 Å². The van der Waals surface area contributed by atoms with E-state index in [1.54, 1.807) is 0 Å². The van der Waals surface area contributed by atoms with E-state index in [-0.39, 0.29) is 11.9 Å². The van der Waals surface area contributed by atoms with Crippen LogP contribution in [-0.4, -0.2) is 22.3 Å². The Kier molecular flexibility index (Phi) is 5.70. The van der Waals surface area contributed by atoms with E-state index in [2.05, 4.69) is 46.3 Å². The monoisotopic (exact) mass is 412 g/mol. The average Bonchev–Trinajstić information content (AvgIpc) is 3.33. The predicted molar refractivity (Wildman–Crippen MR) is 122 cm³/mol. The number of hydrogen-bond donors (Lipinski definition) is 0. The molecule has 5 rings (SSSR count). The van der Waals surface area contributed by atoms with Crippen LogP contribution in [0.25, 0.3) is 11.3 Å². The fourth-order valence-corrected chi connectivity index (χ4v) is 5.03. The number of nitrogens with zero attached hydrogens (tertiary/aromatic N) is 2. The molecule has 2 aromatic carbocycles. The van der Waals surface area contributed by atoms with E-state index < -0.39 is 0 Å². The molecular formula is C27H28N2O2. The molecule has 1 aromatic heterocycles. The summed E-state index contributed by atoms with van der Waals surface area (Å²) in [5, 5.41) is 0. The van der Waals surface area contributed by atoms with Gasteiger partial charge in [-0.05, 0) is 55.6 Å². The molecule has 4 nitrogen and oxygen atoms in total. The van der Waals surface area contributed by atoms with Crippen LogP contribution in [-0.2, 0) is 6.42 Å². The maximum absolute atomic E-state index is 14.0. The van der Waals surface area contributed by atoms with Crippen molar-refractivity contribution >= 4 is 5.91 Å². The topological polar surface area (TPSA) is 46.3 Å². The highest BCUT2D eigenvalue weighted by atomic mass is 16.3. The molecule has 0 saturated carbocycles. The summed E-state index contributed by atoms with van der Waals surface area (Å²) in [4.78, 5) is 20.4. The number of oxazole rings is 1. The molecule has 0 bridgehead atoms. The number of carbonyl (C=O) groups excluding carboxylic acids is 1. The number of fused-ring (bicyclic) bond motifs is 1. The van der Waals surface area contributed by atoms with Crippen molar-refractivity contribution in [2.45, 2.75) is 44.6 Å². The number of hydrogen-bond acceptors (Lipinski definition) is 3. The molecule has 3 aromatic rings. The Balaban J connectivity index is 1.52. The first-order valence-corrected chi connectivity index (χ1v) is 11.3. The van der Waals surface area contributed by atoms with Crippen molar-refractivity contribution in [3.63, 3.8) is 0 Å². The van der Waals surface area contributed by atoms with Crippen molar-refractivity contribution < 1.29 is 9.21 Å². The Morgan fingerprint density at radius 3 is 2.71 bits per heavy atom. The van der Waals surface area contributed by atoms with Crippen LogP contribution in [0.15, 0.2) is 77.6 Å². The Bertz CT molecular complexity index is 1070. The molecule has 1 amide bonds. The number of aryl methyl sites for hydroxylation is 1. The molecule has 158 valence electrons. The number of rotatable bonds is 5. The Morgan fingerprint density at radius 1 is 1.03 bits per heavy atom. The second kappa shape index (κ2) is 8.93. The predicted octanol–water partition coefficient (Wildman–Crippen LogP) is 6.22. The minimum absolute atomic E-state index is 0.0242. The van der Waals surface area contributed by atoms with Gasteiger partial charge in [0.05, 0.1) is 6.04 Å². The maximum atomic E-state index is 14.0. The fourth-order valence-electron chi connectivity index (χ4n) is 5.03. The molecule has 1 heterocycles. The summed E-state index contributed by atoms with van der Waals surface area (Å²) in [6.07, 6.45) is 12.3. The zero-order valence-electron chi connectivity index (χ0n) is 17.7. The zero-order chi connectivity index (χ0) is 21.0. The molecule has 0 saturated heterocycles. The van der Waals surface area contributed by atoms with Gasteiger partial charge in [0.1, 0.15) is 0 Å². The van der Waals surface area contributed by atoms with Crippen LogP contribution in [0.3, 0.4) is 0 Å². The van der Waals surface area contributed by atoms with Gasteiger partial charge in [-0.2, -0.15) is 0 Å². The van der Waals surface area contributed by atoms with Crippen LogP contribution in [0, 0.1) is 5.92 Å². The van der Waals surface area contributed by atoms with Gasteiger partial charge < -0.3 is 9.32 Å². The van der Waals surface area contributed by atoms with E-state index >= 15 is 0 Å². The van der Waals surface area contributed by atoms with Gasteiger partial charge in [0, 0.05) is 12.1 Å². The number of benzene rings is 2. The molecule has 0 aliphatic heterocycles. The molecule has 31 heavy (non-hydrogen) atoms. The van der Waals surface area contributed by atoms with Gasteiger partial charge in [0.2, 0.25) is 0 Å². The minimum Gasteiger partial charge on any atom is -0.443 e. The van der Waals surface area contributed by atoms with Crippen molar-refractivity contribution in [2.75, 3.05) is 6.54 Å². The number of carbonyl (C=O) groups is 1. The Morgan fingerprint density at radius 2 is 1.87 bits per heavy atom. The Hall–Kier alpha value is -3.14. The van der Waals surface area contributed by atoms with Crippen LogP contribution >= 0.6 is 0 Å². The molecule has 4 heteroatoms. The normalized spacial score (nSPS) is 20.3. The third-order valence-corrected chi connectivity index (χ3v) is 6.61. The quantitative estimate of drug-likeness (QED) is 0.468. The van der Waals surface area contributed by atoms with Gasteiger partial charge in [-0.25, -0.2) is 4.98 Å². The fraction of sp³-hybridized carbons (Fsp3) is 0.333. The van der Waals surface area contributed by atoms with Crippen molar-refractivity contribution in [1.29, 1.82) is 0 Å². The largest absolute Gasteiger partial charge is 0.443 e. The van der Waals surface area contributed by atoms with E-state index in [9.17, 15) is 4.79 Å². The highest BCUT2D eigenvalue weighted by Gasteiger charge is 2.34. The van der Waals surface area contributed by atoms with Gasteiger partial charge in [-0.3, -0.25) is 4.79 Å². The lowest BCUT2D eigenvalue weighted by atomic mass is 9.85. The first-order valence-electron chi connectivity index (χ1n) is 11.3. The van der Waals surface area contributed by atoms with Gasteiger partial charge in [0.15, 0.2) is 17.8 Å². The molecule has 2 aliphatic rings. The zero-order valence-corrected chi connectivity index (χ0v) is 17.7. The molecule has 0 radical (unpaired) electrons. The van der Waals surface area contributed by atoms with Gasteiger partial charge in [-0.15, -0.1) is 0 Å². The summed E-state index contributed by atoms with van der Waals surface area (Å²) in [5.41, 5.74) is 3.95. The number of aromatic nitrogens is 1. The molecule has 0 N–H and O–H groups in total. The smallest absolute Gasteiger partial charge is 0.277 e. The number of allylic oxidation sites excluding steroid dienone is 2. The molecule has 0 unspecified atom stereocenters. The van der Waals surface area contributed by atoms with Gasteiger partial charge >= 0.3 is 0 Å². The molecule has 0 spiro atoms. The minimum atomic E-state index is -0.0242. The maximum Gasteiger partial charge on any atom is 0.277 e. The summed E-state index contributed by atoms with van der Waals surface area (Å²) >= 11 is 0. The van der Waals surface area contributed by atoms with E-state index in [0.717, 1.165) is 50.6 Å². The first-order chi connectivity index (χ1) is 15.3. The van der Waals surface area contributed by atoms with E-state index in [1.165, 1.54) is 17.5 Å². The molecule has 2 atom stereocenters. The standard InChI is InChI=1S/C27H28N2O2/c30-27(25-26(31-19-28-25)22-13-5-2-6-14-22)29(18-20-10-3-1-4-11-20)24-17-9-15-21-12-7-8-16-23(21)24/h1-3,5-8,12-14,16,19-20,24H,4,9-11,15,17-18H2/t20-,24-/m1/s1. The van der Waals surface area contributed by atoms with E-state index in [4.69, 9.17) is 4.42 Å². The van der Waals surface area contributed by atoms with Crippen molar-refractivity contribution in [3.8, 4) is 11.3 Å². The second-order valence-electron chi connectivity index (χ2n) is 8.61. The lowest BCUT2D eigenvalue weighted by Crippen LogP contribution is -2.40. The van der Waals surface area contributed by atoms with Crippen molar-refractivity contribution in [3.05, 3.63) is 90.0 Å². The van der Waals surface area contributed by atoms with Crippen LogP contribution in [0.2, 0.25) is 0 Å². The summed E-state index contributed by atoms with van der Waals surface area (Å²) in [6, 6.07) is 18.5. The highest BCUT2D eigenvalue weighted by molar-refractivity contribution is 5.98. The SMILES string of the molecule is O=C(c1ncoc1-c1ccccc1)N(C[C@@H]1CC=CCC1)[C@@H]1CCCc2ccccc21. The van der Waals surface area contributed by atoms with E-state index in [1.807, 2.05) is 30.3 Å². The summed E-state index contributed by atoms with van der Waals surface area (Å²) < 4.78 is 5.70. The summed E-state index contributed by atoms with van der Waals surface area (Å²) in [7, 11) is 0. The Labute approximate surface area is 183 Å². The molecule has 0 fully saturated rings. The molecular weight excluding hydrogens is 384 g/mol. The van der Waals surface area contributed by atoms with E-state index in [0.29, 0.717) is 17.4 Å². The average molecular weight is 413 g/mol. The third kappa shape index (κ3) is 4.07. The lowest BCUT2D eigenvalue weighted by Gasteiger charge is -2.38. The second-order valence-corrected chi connectivity index (χ2v) is 8.61. The lowest BCUT2D eigenvalue weighted by molar-refractivity contribution is 0.0606. The van der Waals surface area contributed by atoms with Gasteiger partial charge in [-0.1, -0.05) is 66.7 Å². The summed E-state index contributed by atoms with van der Waals surface area (Å²) in [6.45, 7) is 0.753. The van der Waals surface area contributed by atoms with Crippen LogP contribution in [0.4, 0.5) is 0 Å². The highest BCUT2D eigenvalue weighted by Crippen LogP contribution is 2.37. The first kappa shape index (κ1) is 19.8. The van der Waals surface area contributed by atoms with Gasteiger partial charge in [0.25, 0.3) is 5.91 Å². The summed E-state index contributed by atoms with van der Waals surface area (Å²) in [5.74, 6) is 1.02.